The number of nitrogens with one attached hydrogen (secondary N) is 2. The number of hydrogen-bond donors (Lipinski definition) is 2. The van der Waals surface area contributed by atoms with E-state index in [1.807, 2.05) is 31.3 Å². The van der Waals surface area contributed by atoms with Crippen molar-refractivity contribution in [3.8, 4) is 11.5 Å². The monoisotopic (exact) mass is 368 g/mol. The predicted octanol–water partition coefficient (Wildman–Crippen LogP) is 2.59. The molecule has 27 heavy (non-hydrogen) atoms. The molecule has 2 aliphatic rings. The fourth-order valence-corrected chi connectivity index (χ4v) is 3.37. The van der Waals surface area contributed by atoms with Gasteiger partial charge in [0.05, 0.1) is 0 Å². The summed E-state index contributed by atoms with van der Waals surface area (Å²) in [4.78, 5) is 19.0. The average Bonchev–Trinajstić information content (AvgIpc) is 3.15. The first-order valence-corrected chi connectivity index (χ1v) is 9.28. The number of carbonyl (C=O) groups is 1. The Bertz CT molecular complexity index is 801. The second kappa shape index (κ2) is 7.73. The Hall–Kier alpha value is -2.96. The summed E-state index contributed by atoms with van der Waals surface area (Å²) >= 11 is 0. The van der Waals surface area contributed by atoms with Crippen LogP contribution < -0.4 is 25.0 Å². The fraction of sp³-hybridized carbons (Fsp3) is 0.400. The maximum atomic E-state index is 12.2. The molecule has 1 saturated heterocycles. The normalized spacial score (nSPS) is 16.3. The second-order valence-corrected chi connectivity index (χ2v) is 6.97. The summed E-state index contributed by atoms with van der Waals surface area (Å²) in [5, 5.41) is 5.98. The van der Waals surface area contributed by atoms with Gasteiger partial charge in [0, 0.05) is 31.9 Å². The summed E-state index contributed by atoms with van der Waals surface area (Å²) in [5.74, 6) is 2.48. The van der Waals surface area contributed by atoms with Crippen LogP contribution in [0.4, 0.5) is 10.6 Å². The van der Waals surface area contributed by atoms with E-state index in [4.69, 9.17) is 9.47 Å². The Morgan fingerprint density at radius 3 is 2.78 bits per heavy atom. The zero-order valence-corrected chi connectivity index (χ0v) is 15.4. The molecule has 0 atom stereocenters. The topological polar surface area (TPSA) is 75.7 Å². The lowest BCUT2D eigenvalue weighted by atomic mass is 10.1. The molecule has 1 aromatic carbocycles. The van der Waals surface area contributed by atoms with Crippen LogP contribution in [0.15, 0.2) is 36.5 Å². The van der Waals surface area contributed by atoms with E-state index in [0.717, 1.165) is 54.4 Å². The standard InChI is InChI=1S/C20H24N4O3/c1-14-2-5-19(21-11-14)24-8-6-16(7-9-24)23-20(25)22-12-15-3-4-17-18(10-15)27-13-26-17/h2-5,10-11,16H,6-9,12-13H2,1H3,(H2,22,23,25). The minimum atomic E-state index is -0.139. The highest BCUT2D eigenvalue weighted by Crippen LogP contribution is 2.32. The van der Waals surface area contributed by atoms with Crippen molar-refractivity contribution >= 4 is 11.8 Å². The van der Waals surface area contributed by atoms with Crippen LogP contribution in [0.1, 0.15) is 24.0 Å². The lowest BCUT2D eigenvalue weighted by Crippen LogP contribution is -2.48. The van der Waals surface area contributed by atoms with Crippen LogP contribution in [0.5, 0.6) is 11.5 Å². The Kier molecular flexibility index (Phi) is 5.00. The summed E-state index contributed by atoms with van der Waals surface area (Å²) in [6, 6.07) is 9.88. The van der Waals surface area contributed by atoms with E-state index in [9.17, 15) is 4.79 Å². The van der Waals surface area contributed by atoms with E-state index >= 15 is 0 Å². The van der Waals surface area contributed by atoms with Gasteiger partial charge in [-0.05, 0) is 49.1 Å². The maximum absolute atomic E-state index is 12.2. The first kappa shape index (κ1) is 17.5. The predicted molar refractivity (Wildman–Crippen MR) is 102 cm³/mol. The van der Waals surface area contributed by atoms with Gasteiger partial charge in [-0.3, -0.25) is 0 Å². The van der Waals surface area contributed by atoms with Gasteiger partial charge < -0.3 is 25.0 Å². The van der Waals surface area contributed by atoms with Crippen molar-refractivity contribution in [2.75, 3.05) is 24.8 Å². The molecule has 2 aliphatic heterocycles. The van der Waals surface area contributed by atoms with Crippen LogP contribution in [0, 0.1) is 6.92 Å². The molecule has 7 nitrogen and oxygen atoms in total. The number of nitrogens with zero attached hydrogens (tertiary/aromatic N) is 2. The van der Waals surface area contributed by atoms with E-state index in [1.165, 1.54) is 0 Å². The number of urea groups is 1. The van der Waals surface area contributed by atoms with Gasteiger partial charge in [-0.15, -0.1) is 0 Å². The molecule has 1 fully saturated rings. The molecule has 2 N–H and O–H groups in total. The summed E-state index contributed by atoms with van der Waals surface area (Å²) in [6.07, 6.45) is 3.71. The largest absolute Gasteiger partial charge is 0.454 e. The number of benzene rings is 1. The van der Waals surface area contributed by atoms with Crippen molar-refractivity contribution in [1.82, 2.24) is 15.6 Å². The van der Waals surface area contributed by atoms with Crippen molar-refractivity contribution in [3.63, 3.8) is 0 Å². The molecule has 0 bridgehead atoms. The van der Waals surface area contributed by atoms with Gasteiger partial charge in [0.2, 0.25) is 6.79 Å². The molecule has 0 radical (unpaired) electrons. The van der Waals surface area contributed by atoms with Crippen LogP contribution in [0.3, 0.4) is 0 Å². The summed E-state index contributed by atoms with van der Waals surface area (Å²) in [5.41, 5.74) is 2.14. The number of piperidine rings is 1. The number of amides is 2. The number of anilines is 1. The van der Waals surface area contributed by atoms with Gasteiger partial charge in [-0.25, -0.2) is 9.78 Å². The number of ether oxygens (including phenoxy) is 2. The first-order valence-electron chi connectivity index (χ1n) is 9.28. The van der Waals surface area contributed by atoms with Gasteiger partial charge >= 0.3 is 6.03 Å². The molecule has 0 aliphatic carbocycles. The van der Waals surface area contributed by atoms with E-state index in [1.54, 1.807) is 0 Å². The number of hydrogen-bond acceptors (Lipinski definition) is 5. The van der Waals surface area contributed by atoms with Gasteiger partial charge in [0.25, 0.3) is 0 Å². The smallest absolute Gasteiger partial charge is 0.315 e. The maximum Gasteiger partial charge on any atom is 0.315 e. The SMILES string of the molecule is Cc1ccc(N2CCC(NC(=O)NCc3ccc4c(c3)OCO4)CC2)nc1. The minimum absolute atomic E-state index is 0.139. The Morgan fingerprint density at radius 2 is 2.00 bits per heavy atom. The van der Waals surface area contributed by atoms with E-state index in [0.29, 0.717) is 6.54 Å². The first-order chi connectivity index (χ1) is 13.2. The number of carbonyl (C=O) groups excluding carboxylic acids is 1. The third-order valence-electron chi connectivity index (χ3n) is 4.94. The molecule has 1 aromatic heterocycles. The molecular weight excluding hydrogens is 344 g/mol. The summed E-state index contributed by atoms with van der Waals surface area (Å²) in [7, 11) is 0. The molecule has 2 aromatic rings. The highest BCUT2D eigenvalue weighted by Gasteiger charge is 2.21. The molecule has 0 unspecified atom stereocenters. The zero-order chi connectivity index (χ0) is 18.6. The lowest BCUT2D eigenvalue weighted by molar-refractivity contribution is 0.174. The Labute approximate surface area is 158 Å². The number of rotatable bonds is 4. The van der Waals surface area contributed by atoms with Crippen molar-refractivity contribution in [2.24, 2.45) is 0 Å². The van der Waals surface area contributed by atoms with Crippen LogP contribution >= 0.6 is 0 Å². The molecule has 0 spiro atoms. The molecule has 4 rings (SSSR count). The minimum Gasteiger partial charge on any atom is -0.454 e. The van der Waals surface area contributed by atoms with Gasteiger partial charge in [0.15, 0.2) is 11.5 Å². The lowest BCUT2D eigenvalue weighted by Gasteiger charge is -2.33. The Balaban J connectivity index is 1.22. The molecular formula is C20H24N4O3. The van der Waals surface area contributed by atoms with E-state index in [-0.39, 0.29) is 18.9 Å². The zero-order valence-electron chi connectivity index (χ0n) is 15.4. The molecule has 0 saturated carbocycles. The fourth-order valence-electron chi connectivity index (χ4n) is 3.37. The highest BCUT2D eigenvalue weighted by atomic mass is 16.7. The average molecular weight is 368 g/mol. The van der Waals surface area contributed by atoms with Gasteiger partial charge in [0.1, 0.15) is 5.82 Å². The van der Waals surface area contributed by atoms with Crippen LogP contribution in [-0.2, 0) is 6.54 Å². The number of pyridine rings is 1. The molecule has 7 heteroatoms. The van der Waals surface area contributed by atoms with Crippen molar-refractivity contribution in [3.05, 3.63) is 47.7 Å². The van der Waals surface area contributed by atoms with E-state index < -0.39 is 0 Å². The van der Waals surface area contributed by atoms with Crippen LogP contribution in [0.25, 0.3) is 0 Å². The van der Waals surface area contributed by atoms with Gasteiger partial charge in [-0.2, -0.15) is 0 Å². The van der Waals surface area contributed by atoms with Gasteiger partial charge in [-0.1, -0.05) is 12.1 Å². The molecule has 142 valence electrons. The molecule has 2 amide bonds. The third kappa shape index (κ3) is 4.24. The number of aryl methyl sites for hydroxylation is 1. The Morgan fingerprint density at radius 1 is 1.19 bits per heavy atom. The van der Waals surface area contributed by atoms with E-state index in [2.05, 4.69) is 32.7 Å². The highest BCUT2D eigenvalue weighted by molar-refractivity contribution is 5.74. The number of aromatic nitrogens is 1. The molecule has 3 heterocycles. The summed E-state index contributed by atoms with van der Waals surface area (Å²) in [6.45, 7) is 4.53. The van der Waals surface area contributed by atoms with Crippen molar-refractivity contribution in [1.29, 1.82) is 0 Å². The van der Waals surface area contributed by atoms with Crippen LogP contribution in [-0.4, -0.2) is 36.9 Å². The van der Waals surface area contributed by atoms with Crippen LogP contribution in [0.2, 0.25) is 0 Å². The van der Waals surface area contributed by atoms with Crippen molar-refractivity contribution < 1.29 is 14.3 Å². The quantitative estimate of drug-likeness (QED) is 0.868. The van der Waals surface area contributed by atoms with Crippen molar-refractivity contribution in [2.45, 2.75) is 32.4 Å². The third-order valence-corrected chi connectivity index (χ3v) is 4.94. The summed E-state index contributed by atoms with van der Waals surface area (Å²) < 4.78 is 10.7. The second-order valence-electron chi connectivity index (χ2n) is 6.97. The number of fused-ring (bicyclic) bond motifs is 1.